The van der Waals surface area contributed by atoms with Crippen molar-refractivity contribution >= 4 is 11.3 Å². The van der Waals surface area contributed by atoms with E-state index >= 15 is 0 Å². The van der Waals surface area contributed by atoms with E-state index in [-0.39, 0.29) is 0 Å². The molecule has 0 saturated carbocycles. The fourth-order valence-corrected chi connectivity index (χ4v) is 2.89. The molecule has 4 rings (SSSR count). The third kappa shape index (κ3) is 3.04. The molecule has 0 fully saturated rings. The van der Waals surface area contributed by atoms with Crippen LogP contribution in [0.15, 0.2) is 66.7 Å². The van der Waals surface area contributed by atoms with Crippen LogP contribution < -0.4 is 10.5 Å². The van der Waals surface area contributed by atoms with E-state index in [4.69, 9.17) is 15.6 Å². The highest BCUT2D eigenvalue weighted by atomic mass is 16.5. The monoisotopic (exact) mass is 330 g/mol. The number of ether oxygens (including phenoxy) is 1. The van der Waals surface area contributed by atoms with Crippen LogP contribution >= 0.6 is 0 Å². The summed E-state index contributed by atoms with van der Waals surface area (Å²) in [5.41, 5.74) is 10.6. The molecule has 4 aromatic rings. The second-order valence-electron chi connectivity index (χ2n) is 5.86. The van der Waals surface area contributed by atoms with Gasteiger partial charge in [-0.25, -0.2) is 9.50 Å². The first-order chi connectivity index (χ1) is 12.2. The smallest absolute Gasteiger partial charge is 0.156 e. The molecule has 0 amide bonds. The van der Waals surface area contributed by atoms with Gasteiger partial charge >= 0.3 is 0 Å². The Kier molecular flexibility index (Phi) is 3.82. The molecule has 2 aromatic carbocycles. The minimum Gasteiger partial charge on any atom is -0.497 e. The van der Waals surface area contributed by atoms with Gasteiger partial charge in [-0.05, 0) is 54.1 Å². The van der Waals surface area contributed by atoms with Gasteiger partial charge in [0.1, 0.15) is 5.75 Å². The van der Waals surface area contributed by atoms with Crippen molar-refractivity contribution in [1.82, 2.24) is 14.6 Å². The summed E-state index contributed by atoms with van der Waals surface area (Å²) in [6.07, 6.45) is 0.648. The molecule has 25 heavy (non-hydrogen) atoms. The highest BCUT2D eigenvalue weighted by Gasteiger charge is 2.09. The lowest BCUT2D eigenvalue weighted by atomic mass is 10.1. The lowest BCUT2D eigenvalue weighted by Gasteiger charge is -2.05. The highest BCUT2D eigenvalue weighted by Crippen LogP contribution is 2.23. The van der Waals surface area contributed by atoms with E-state index in [0.717, 1.165) is 39.7 Å². The molecule has 2 N–H and O–H groups in total. The van der Waals surface area contributed by atoms with Crippen molar-refractivity contribution in [3.63, 3.8) is 0 Å². The molecule has 0 aliphatic rings. The van der Waals surface area contributed by atoms with Crippen molar-refractivity contribution in [3.05, 3.63) is 78.1 Å². The highest BCUT2D eigenvalue weighted by molar-refractivity contribution is 5.63. The van der Waals surface area contributed by atoms with Crippen molar-refractivity contribution in [2.24, 2.45) is 0 Å². The van der Waals surface area contributed by atoms with Gasteiger partial charge in [0.05, 0.1) is 12.8 Å². The molecule has 0 aliphatic heterocycles. The van der Waals surface area contributed by atoms with Crippen LogP contribution in [0.25, 0.3) is 16.9 Å². The Bertz CT molecular complexity index is 1020. The summed E-state index contributed by atoms with van der Waals surface area (Å²) in [5, 5.41) is 4.69. The topological polar surface area (TPSA) is 65.4 Å². The van der Waals surface area contributed by atoms with Gasteiger partial charge < -0.3 is 10.5 Å². The number of anilines is 1. The minimum atomic E-state index is 0.648. The van der Waals surface area contributed by atoms with Crippen LogP contribution in [0.2, 0.25) is 0 Å². The van der Waals surface area contributed by atoms with Gasteiger partial charge in [-0.3, -0.25) is 0 Å². The van der Waals surface area contributed by atoms with Crippen LogP contribution in [0.1, 0.15) is 11.4 Å². The van der Waals surface area contributed by atoms with Crippen LogP contribution in [0.4, 0.5) is 5.69 Å². The zero-order chi connectivity index (χ0) is 17.2. The number of nitrogens with zero attached hydrogens (tertiary/aromatic N) is 3. The summed E-state index contributed by atoms with van der Waals surface area (Å²) >= 11 is 0. The van der Waals surface area contributed by atoms with Crippen LogP contribution in [-0.4, -0.2) is 21.7 Å². The van der Waals surface area contributed by atoms with Crippen molar-refractivity contribution in [3.8, 4) is 17.0 Å². The number of rotatable bonds is 4. The second kappa shape index (κ2) is 6.28. The van der Waals surface area contributed by atoms with Gasteiger partial charge in [0.15, 0.2) is 11.5 Å². The Balaban J connectivity index is 1.73. The number of nitrogen functional groups attached to an aromatic ring is 1. The summed E-state index contributed by atoms with van der Waals surface area (Å²) in [7, 11) is 1.66. The molecule has 0 spiro atoms. The average molecular weight is 330 g/mol. The quantitative estimate of drug-likeness (QED) is 0.581. The average Bonchev–Trinajstić information content (AvgIpc) is 3.04. The Hall–Kier alpha value is -3.34. The lowest BCUT2D eigenvalue weighted by Crippen LogP contribution is -1.96. The molecule has 124 valence electrons. The molecule has 2 aromatic heterocycles. The number of fused-ring (bicyclic) bond motifs is 1. The Labute approximate surface area is 145 Å². The normalized spacial score (nSPS) is 10.9. The van der Waals surface area contributed by atoms with Gasteiger partial charge in [0.25, 0.3) is 0 Å². The first-order valence-corrected chi connectivity index (χ1v) is 8.06. The molecule has 5 nitrogen and oxygen atoms in total. The summed E-state index contributed by atoms with van der Waals surface area (Å²) < 4.78 is 7.11. The van der Waals surface area contributed by atoms with E-state index in [0.29, 0.717) is 6.42 Å². The predicted octanol–water partition coefficient (Wildman–Crippen LogP) is 3.58. The minimum absolute atomic E-state index is 0.648. The maximum absolute atomic E-state index is 5.85. The van der Waals surface area contributed by atoms with Crippen LogP contribution in [-0.2, 0) is 6.42 Å². The van der Waals surface area contributed by atoms with Crippen LogP contribution in [0, 0.1) is 0 Å². The van der Waals surface area contributed by atoms with Gasteiger partial charge in [-0.1, -0.05) is 18.2 Å². The van der Waals surface area contributed by atoms with Crippen molar-refractivity contribution in [2.45, 2.75) is 6.42 Å². The van der Waals surface area contributed by atoms with E-state index in [2.05, 4.69) is 4.98 Å². The van der Waals surface area contributed by atoms with E-state index in [1.165, 1.54) is 0 Å². The largest absolute Gasteiger partial charge is 0.497 e. The van der Waals surface area contributed by atoms with Gasteiger partial charge in [-0.2, -0.15) is 5.10 Å². The molecule has 5 heteroatoms. The number of aromatic nitrogens is 3. The standard InChI is InChI=1S/C20H18N4O/c1-25-17-10-8-15(9-11-17)18-6-3-7-20-22-19(23-24(18)20)13-14-4-2-5-16(21)12-14/h2-12H,13,21H2,1H3. The first kappa shape index (κ1) is 15.2. The van der Waals surface area contributed by atoms with Gasteiger partial charge in [0.2, 0.25) is 0 Å². The van der Waals surface area contributed by atoms with E-state index in [9.17, 15) is 0 Å². The zero-order valence-electron chi connectivity index (χ0n) is 13.9. The third-order valence-electron chi connectivity index (χ3n) is 4.10. The van der Waals surface area contributed by atoms with Crippen molar-refractivity contribution in [1.29, 1.82) is 0 Å². The van der Waals surface area contributed by atoms with Crippen molar-refractivity contribution in [2.75, 3.05) is 12.8 Å². The Morgan fingerprint density at radius 1 is 1.00 bits per heavy atom. The molecule has 0 unspecified atom stereocenters. The zero-order valence-corrected chi connectivity index (χ0v) is 13.9. The number of nitrogens with two attached hydrogens (primary N) is 1. The summed E-state index contributed by atoms with van der Waals surface area (Å²) in [6.45, 7) is 0. The fraction of sp³-hybridized carbons (Fsp3) is 0.100. The van der Waals surface area contributed by atoms with Crippen LogP contribution in [0.3, 0.4) is 0 Å². The molecule has 0 radical (unpaired) electrons. The maximum atomic E-state index is 5.85. The van der Waals surface area contributed by atoms with Crippen molar-refractivity contribution < 1.29 is 4.74 Å². The number of hydrogen-bond donors (Lipinski definition) is 1. The van der Waals surface area contributed by atoms with Crippen LogP contribution in [0.5, 0.6) is 5.75 Å². The first-order valence-electron chi connectivity index (χ1n) is 8.06. The van der Waals surface area contributed by atoms with Gasteiger partial charge in [-0.15, -0.1) is 0 Å². The third-order valence-corrected chi connectivity index (χ3v) is 4.10. The Morgan fingerprint density at radius 2 is 1.80 bits per heavy atom. The number of pyridine rings is 1. The molecule has 0 saturated heterocycles. The summed E-state index contributed by atoms with van der Waals surface area (Å²) in [6, 6.07) is 21.7. The van der Waals surface area contributed by atoms with E-state index in [1.807, 2.05) is 71.2 Å². The maximum Gasteiger partial charge on any atom is 0.156 e. The number of benzene rings is 2. The Morgan fingerprint density at radius 3 is 2.56 bits per heavy atom. The number of methoxy groups -OCH3 is 1. The summed E-state index contributed by atoms with van der Waals surface area (Å²) in [4.78, 5) is 4.64. The molecular formula is C20H18N4O. The fourth-order valence-electron chi connectivity index (χ4n) is 2.89. The molecule has 0 bridgehead atoms. The van der Waals surface area contributed by atoms with E-state index < -0.39 is 0 Å². The lowest BCUT2D eigenvalue weighted by molar-refractivity contribution is 0.415. The molecule has 2 heterocycles. The number of hydrogen-bond acceptors (Lipinski definition) is 4. The predicted molar refractivity (Wildman–Crippen MR) is 98.6 cm³/mol. The SMILES string of the molecule is COc1ccc(-c2cccc3nc(Cc4cccc(N)c4)nn23)cc1. The van der Waals surface area contributed by atoms with Gasteiger partial charge in [0, 0.05) is 17.7 Å². The molecule has 0 aliphatic carbocycles. The molecular weight excluding hydrogens is 312 g/mol. The second-order valence-corrected chi connectivity index (χ2v) is 5.86. The summed E-state index contributed by atoms with van der Waals surface area (Å²) in [5.74, 6) is 1.60. The van der Waals surface area contributed by atoms with E-state index in [1.54, 1.807) is 7.11 Å². The molecule has 0 atom stereocenters.